The molecule has 1 aromatic rings. The van der Waals surface area contributed by atoms with Crippen molar-refractivity contribution in [3.63, 3.8) is 0 Å². The predicted molar refractivity (Wildman–Crippen MR) is 64.9 cm³/mol. The van der Waals surface area contributed by atoms with Crippen LogP contribution < -0.4 is 5.32 Å². The molecule has 0 aromatic carbocycles. The van der Waals surface area contributed by atoms with Crippen LogP contribution in [0.5, 0.6) is 0 Å². The summed E-state index contributed by atoms with van der Waals surface area (Å²) in [7, 11) is 1.31. The van der Waals surface area contributed by atoms with Gasteiger partial charge in [-0.1, -0.05) is 11.6 Å². The summed E-state index contributed by atoms with van der Waals surface area (Å²) in [5.41, 5.74) is 0.973. The van der Waals surface area contributed by atoms with Crippen molar-refractivity contribution in [1.82, 2.24) is 4.98 Å². The predicted octanol–water partition coefficient (Wildman–Crippen LogP) is 2.86. The summed E-state index contributed by atoms with van der Waals surface area (Å²) in [5, 5.41) is 3.54. The molecule has 0 spiro atoms. The number of methoxy groups -OCH3 is 1. The van der Waals surface area contributed by atoms with Crippen molar-refractivity contribution >= 4 is 39.2 Å². The Balaban J connectivity index is 2.36. The first kappa shape index (κ1) is 11.7. The Labute approximate surface area is 106 Å². The maximum absolute atomic E-state index is 11.4. The fraction of sp³-hybridized carbons (Fsp3) is 0.400. The Kier molecular flexibility index (Phi) is 3.35. The molecule has 0 saturated heterocycles. The van der Waals surface area contributed by atoms with Crippen molar-refractivity contribution in [2.24, 2.45) is 0 Å². The number of carbonyl (C=O) groups is 1. The van der Waals surface area contributed by atoms with Crippen LogP contribution in [0.2, 0.25) is 5.15 Å². The molecule has 0 bridgehead atoms. The summed E-state index contributed by atoms with van der Waals surface area (Å²) < 4.78 is 5.22. The first-order valence-electron chi connectivity index (χ1n) is 4.82. The average molecular weight is 306 g/mol. The van der Waals surface area contributed by atoms with E-state index in [1.807, 2.05) is 0 Å². The van der Waals surface area contributed by atoms with Crippen LogP contribution in [0.1, 0.15) is 23.3 Å². The second-order valence-electron chi connectivity index (χ2n) is 3.57. The summed E-state index contributed by atoms with van der Waals surface area (Å²) in [4.78, 5) is 15.4. The van der Waals surface area contributed by atoms with Crippen molar-refractivity contribution < 1.29 is 9.53 Å². The Morgan fingerprint density at radius 2 is 2.38 bits per heavy atom. The zero-order valence-electron chi connectivity index (χ0n) is 8.59. The second-order valence-corrected chi connectivity index (χ2v) is 4.75. The normalized spacial score (nSPS) is 14.7. The molecular weight excluding hydrogens is 295 g/mol. The fourth-order valence-electron chi connectivity index (χ4n) is 1.28. The summed E-state index contributed by atoms with van der Waals surface area (Å²) in [6.07, 6.45) is 2.28. The first-order chi connectivity index (χ1) is 7.61. The van der Waals surface area contributed by atoms with E-state index < -0.39 is 5.97 Å². The van der Waals surface area contributed by atoms with Gasteiger partial charge in [0.25, 0.3) is 0 Å². The van der Waals surface area contributed by atoms with Crippen LogP contribution in [0.3, 0.4) is 0 Å². The van der Waals surface area contributed by atoms with Gasteiger partial charge in [0.2, 0.25) is 0 Å². The molecule has 1 N–H and O–H groups in total. The summed E-state index contributed by atoms with van der Waals surface area (Å²) in [6.45, 7) is 0. The third-order valence-corrected chi connectivity index (χ3v) is 3.24. The molecule has 0 aliphatic heterocycles. The van der Waals surface area contributed by atoms with Gasteiger partial charge in [0.15, 0.2) is 5.69 Å². The average Bonchev–Trinajstić information content (AvgIpc) is 3.05. The highest BCUT2D eigenvalue weighted by Gasteiger charge is 2.24. The van der Waals surface area contributed by atoms with Gasteiger partial charge in [0.05, 0.1) is 17.3 Å². The van der Waals surface area contributed by atoms with Crippen LogP contribution in [-0.2, 0) is 4.74 Å². The molecular formula is C10H10BrClN2O2. The van der Waals surface area contributed by atoms with Gasteiger partial charge in [0, 0.05) is 6.04 Å². The van der Waals surface area contributed by atoms with Crippen LogP contribution in [0, 0.1) is 0 Å². The van der Waals surface area contributed by atoms with Crippen LogP contribution in [0.4, 0.5) is 5.69 Å². The van der Waals surface area contributed by atoms with Gasteiger partial charge in [0.1, 0.15) is 5.15 Å². The van der Waals surface area contributed by atoms with E-state index in [0.29, 0.717) is 10.5 Å². The Morgan fingerprint density at radius 1 is 1.69 bits per heavy atom. The third-order valence-electron chi connectivity index (χ3n) is 2.24. The lowest BCUT2D eigenvalue weighted by molar-refractivity contribution is 0.0593. The van der Waals surface area contributed by atoms with Gasteiger partial charge in [-0.3, -0.25) is 0 Å². The molecule has 16 heavy (non-hydrogen) atoms. The Morgan fingerprint density at radius 3 is 2.94 bits per heavy atom. The highest BCUT2D eigenvalue weighted by Crippen LogP contribution is 2.33. The number of carbonyl (C=O) groups excluding carboxylic acids is 1. The maximum Gasteiger partial charge on any atom is 0.357 e. The lowest BCUT2D eigenvalue weighted by atomic mass is 10.3. The quantitative estimate of drug-likeness (QED) is 0.689. The highest BCUT2D eigenvalue weighted by atomic mass is 79.9. The molecule has 0 radical (unpaired) electrons. The summed E-state index contributed by atoms with van der Waals surface area (Å²) >= 11 is 9.18. The monoisotopic (exact) mass is 304 g/mol. The van der Waals surface area contributed by atoms with Crippen LogP contribution >= 0.6 is 27.5 Å². The number of aromatic nitrogens is 1. The SMILES string of the molecule is COC(=O)c1nc(Cl)cc(NC2CC2)c1Br. The lowest BCUT2D eigenvalue weighted by Crippen LogP contribution is -2.09. The van der Waals surface area contributed by atoms with E-state index in [-0.39, 0.29) is 10.8 Å². The smallest absolute Gasteiger partial charge is 0.357 e. The van der Waals surface area contributed by atoms with Gasteiger partial charge in [-0.15, -0.1) is 0 Å². The molecule has 1 saturated carbocycles. The van der Waals surface area contributed by atoms with Gasteiger partial charge in [-0.25, -0.2) is 9.78 Å². The fourth-order valence-corrected chi connectivity index (χ4v) is 1.96. The molecule has 4 nitrogen and oxygen atoms in total. The van der Waals surface area contributed by atoms with E-state index in [2.05, 4.69) is 31.0 Å². The lowest BCUT2D eigenvalue weighted by Gasteiger charge is -2.10. The van der Waals surface area contributed by atoms with Crippen molar-refractivity contribution in [2.75, 3.05) is 12.4 Å². The minimum atomic E-state index is -0.506. The van der Waals surface area contributed by atoms with Gasteiger partial charge in [-0.2, -0.15) is 0 Å². The molecule has 0 unspecified atom stereocenters. The summed E-state index contributed by atoms with van der Waals surface area (Å²) in [6, 6.07) is 2.16. The maximum atomic E-state index is 11.4. The number of esters is 1. The van der Waals surface area contributed by atoms with Crippen LogP contribution in [0.25, 0.3) is 0 Å². The number of hydrogen-bond acceptors (Lipinski definition) is 4. The molecule has 1 aliphatic carbocycles. The van der Waals surface area contributed by atoms with Crippen LogP contribution in [-0.4, -0.2) is 24.1 Å². The molecule has 0 amide bonds. The van der Waals surface area contributed by atoms with Crippen LogP contribution in [0.15, 0.2) is 10.5 Å². The molecule has 2 rings (SSSR count). The third kappa shape index (κ3) is 2.47. The minimum Gasteiger partial charge on any atom is -0.464 e. The van der Waals surface area contributed by atoms with Gasteiger partial charge >= 0.3 is 5.97 Å². The van der Waals surface area contributed by atoms with Gasteiger partial charge in [-0.05, 0) is 34.8 Å². The molecule has 1 aliphatic rings. The minimum absolute atomic E-state index is 0.193. The standard InChI is InChI=1S/C10H10BrClN2O2/c1-16-10(15)9-8(11)6(4-7(12)14-9)13-5-2-3-5/h4-5H,2-3H2,1H3,(H,13,14). The second kappa shape index (κ2) is 4.59. The zero-order chi connectivity index (χ0) is 11.7. The molecule has 0 atom stereocenters. The number of hydrogen-bond donors (Lipinski definition) is 1. The van der Waals surface area contributed by atoms with E-state index in [1.165, 1.54) is 7.11 Å². The zero-order valence-corrected chi connectivity index (χ0v) is 10.9. The molecule has 1 fully saturated rings. The van der Waals surface area contributed by atoms with E-state index in [4.69, 9.17) is 11.6 Å². The number of nitrogens with zero attached hydrogens (tertiary/aromatic N) is 1. The van der Waals surface area contributed by atoms with Crippen molar-refractivity contribution in [2.45, 2.75) is 18.9 Å². The molecule has 1 heterocycles. The van der Waals surface area contributed by atoms with E-state index >= 15 is 0 Å². The van der Waals surface area contributed by atoms with Crippen molar-refractivity contribution in [3.05, 3.63) is 21.4 Å². The molecule has 86 valence electrons. The Hall–Kier alpha value is -0.810. The highest BCUT2D eigenvalue weighted by molar-refractivity contribution is 9.10. The molecule has 1 aromatic heterocycles. The number of rotatable bonds is 3. The Bertz CT molecular complexity index is 435. The van der Waals surface area contributed by atoms with Crippen molar-refractivity contribution in [3.8, 4) is 0 Å². The van der Waals surface area contributed by atoms with E-state index in [1.54, 1.807) is 6.07 Å². The first-order valence-corrected chi connectivity index (χ1v) is 6.00. The van der Waals surface area contributed by atoms with E-state index in [9.17, 15) is 4.79 Å². The summed E-state index contributed by atoms with van der Waals surface area (Å²) in [5.74, 6) is -0.506. The van der Waals surface area contributed by atoms with E-state index in [0.717, 1.165) is 18.5 Å². The topological polar surface area (TPSA) is 51.2 Å². The number of halogens is 2. The van der Waals surface area contributed by atoms with Crippen molar-refractivity contribution in [1.29, 1.82) is 0 Å². The number of nitrogens with one attached hydrogen (secondary N) is 1. The molecule has 6 heteroatoms. The number of anilines is 1. The largest absolute Gasteiger partial charge is 0.464 e. The number of ether oxygens (including phenoxy) is 1. The number of pyridine rings is 1. The van der Waals surface area contributed by atoms with Gasteiger partial charge < -0.3 is 10.1 Å².